The molecule has 30 heavy (non-hydrogen) atoms. The molecule has 1 fully saturated rings. The van der Waals surface area contributed by atoms with E-state index in [0.29, 0.717) is 21.6 Å². The van der Waals surface area contributed by atoms with Crippen LogP contribution in [-0.2, 0) is 16.1 Å². The van der Waals surface area contributed by atoms with E-state index in [2.05, 4.69) is 5.32 Å². The van der Waals surface area contributed by atoms with Gasteiger partial charge in [-0.1, -0.05) is 29.8 Å². The van der Waals surface area contributed by atoms with E-state index < -0.39 is 6.04 Å². The molecule has 4 rings (SSSR count). The highest BCUT2D eigenvalue weighted by molar-refractivity contribution is 7.80. The number of carbonyl (C=O) groups is 2. The van der Waals surface area contributed by atoms with Crippen LogP contribution in [0.4, 0.5) is 11.4 Å². The molecule has 6 nitrogen and oxygen atoms in total. The van der Waals surface area contributed by atoms with E-state index in [0.717, 1.165) is 5.69 Å². The van der Waals surface area contributed by atoms with Crippen molar-refractivity contribution in [2.24, 2.45) is 0 Å². The molecule has 1 aliphatic rings. The summed E-state index contributed by atoms with van der Waals surface area (Å²) in [4.78, 5) is 28.8. The molecule has 1 N–H and O–H groups in total. The van der Waals surface area contributed by atoms with E-state index in [9.17, 15) is 9.59 Å². The third-order valence-corrected chi connectivity index (χ3v) is 5.36. The number of anilines is 2. The zero-order valence-electron chi connectivity index (χ0n) is 15.8. The van der Waals surface area contributed by atoms with Crippen LogP contribution in [0.5, 0.6) is 0 Å². The van der Waals surface area contributed by atoms with Crippen molar-refractivity contribution >= 4 is 52.1 Å². The molecule has 0 bridgehead atoms. The lowest BCUT2D eigenvalue weighted by molar-refractivity contribution is -0.122. The minimum Gasteiger partial charge on any atom is -0.467 e. The summed E-state index contributed by atoms with van der Waals surface area (Å²) in [5.74, 6) is 0.00257. The summed E-state index contributed by atoms with van der Waals surface area (Å²) in [6.45, 7) is 0.254. The summed E-state index contributed by atoms with van der Waals surface area (Å²) in [5, 5.41) is 4.01. The quantitative estimate of drug-likeness (QED) is 0.467. The van der Waals surface area contributed by atoms with Gasteiger partial charge >= 0.3 is 0 Å². The van der Waals surface area contributed by atoms with Gasteiger partial charge in [-0.2, -0.15) is 0 Å². The molecular formula is C22H18ClN3O3S. The molecule has 2 aromatic carbocycles. The van der Waals surface area contributed by atoms with Crippen molar-refractivity contribution in [3.05, 3.63) is 83.8 Å². The Kier molecular flexibility index (Phi) is 5.83. The van der Waals surface area contributed by atoms with Gasteiger partial charge in [0.15, 0.2) is 5.11 Å². The molecule has 3 aromatic rings. The Labute approximate surface area is 184 Å². The number of nitrogens with one attached hydrogen (secondary N) is 1. The summed E-state index contributed by atoms with van der Waals surface area (Å²) < 4.78 is 5.46. The molecule has 2 amide bonds. The van der Waals surface area contributed by atoms with E-state index in [-0.39, 0.29) is 24.8 Å². The van der Waals surface area contributed by atoms with Gasteiger partial charge in [-0.05, 0) is 60.7 Å². The number of furan rings is 1. The van der Waals surface area contributed by atoms with E-state index in [4.69, 9.17) is 28.2 Å². The maximum Gasteiger partial charge on any atom is 0.257 e. The SMILES string of the molecule is O=C1C[C@@H](N(Cc2ccco2)C(=S)Nc2ccccc2)C(=O)N1c1ccc(Cl)cc1. The first kappa shape index (κ1) is 20.1. The van der Waals surface area contributed by atoms with Gasteiger partial charge in [-0.15, -0.1) is 0 Å². The largest absolute Gasteiger partial charge is 0.467 e. The van der Waals surface area contributed by atoms with Crippen molar-refractivity contribution in [2.75, 3.05) is 10.2 Å². The number of halogens is 1. The maximum absolute atomic E-state index is 13.2. The molecule has 1 atom stereocenters. The number of amides is 2. The van der Waals surface area contributed by atoms with Crippen molar-refractivity contribution in [1.29, 1.82) is 0 Å². The van der Waals surface area contributed by atoms with Gasteiger partial charge < -0.3 is 14.6 Å². The van der Waals surface area contributed by atoms with Crippen LogP contribution in [0.25, 0.3) is 0 Å². The number of nitrogens with zero attached hydrogens (tertiary/aromatic N) is 2. The second kappa shape index (κ2) is 8.69. The van der Waals surface area contributed by atoms with Crippen molar-refractivity contribution in [3.8, 4) is 0 Å². The highest BCUT2D eigenvalue weighted by atomic mass is 35.5. The molecular weight excluding hydrogens is 422 g/mol. The van der Waals surface area contributed by atoms with Gasteiger partial charge in [-0.25, -0.2) is 4.90 Å². The highest BCUT2D eigenvalue weighted by Gasteiger charge is 2.43. The van der Waals surface area contributed by atoms with Crippen LogP contribution in [0, 0.1) is 0 Å². The lowest BCUT2D eigenvalue weighted by Gasteiger charge is -2.29. The molecule has 2 heterocycles. The number of para-hydroxylation sites is 1. The van der Waals surface area contributed by atoms with Gasteiger partial charge in [0.1, 0.15) is 11.8 Å². The number of thiocarbonyl (C=S) groups is 1. The van der Waals surface area contributed by atoms with Gasteiger partial charge in [0.2, 0.25) is 5.91 Å². The summed E-state index contributed by atoms with van der Waals surface area (Å²) in [5.41, 5.74) is 1.27. The number of benzene rings is 2. The van der Waals surface area contributed by atoms with E-state index in [1.54, 1.807) is 47.6 Å². The average Bonchev–Trinajstić information content (AvgIpc) is 3.35. The van der Waals surface area contributed by atoms with Crippen LogP contribution in [-0.4, -0.2) is 27.9 Å². The number of carbonyl (C=O) groups excluding carboxylic acids is 2. The van der Waals surface area contributed by atoms with Crippen LogP contribution in [0.3, 0.4) is 0 Å². The van der Waals surface area contributed by atoms with Crippen molar-refractivity contribution in [3.63, 3.8) is 0 Å². The Morgan fingerprint density at radius 3 is 2.50 bits per heavy atom. The number of rotatable bonds is 5. The van der Waals surface area contributed by atoms with E-state index in [1.165, 1.54) is 4.90 Å². The average molecular weight is 440 g/mol. The normalized spacial score (nSPS) is 16.0. The van der Waals surface area contributed by atoms with Crippen molar-refractivity contribution in [2.45, 2.75) is 19.0 Å². The second-order valence-electron chi connectivity index (χ2n) is 6.77. The first-order valence-electron chi connectivity index (χ1n) is 9.30. The highest BCUT2D eigenvalue weighted by Crippen LogP contribution is 2.28. The molecule has 1 aliphatic heterocycles. The summed E-state index contributed by atoms with van der Waals surface area (Å²) in [6, 6.07) is 18.8. The van der Waals surface area contributed by atoms with Crippen LogP contribution in [0.1, 0.15) is 12.2 Å². The molecule has 8 heteroatoms. The van der Waals surface area contributed by atoms with Gasteiger partial charge in [0.25, 0.3) is 5.91 Å². The molecule has 1 saturated heterocycles. The van der Waals surface area contributed by atoms with Crippen LogP contribution in [0.2, 0.25) is 5.02 Å². The van der Waals surface area contributed by atoms with Crippen LogP contribution in [0.15, 0.2) is 77.4 Å². The predicted octanol–water partition coefficient (Wildman–Crippen LogP) is 4.46. The number of hydrogen-bond acceptors (Lipinski definition) is 4. The molecule has 152 valence electrons. The van der Waals surface area contributed by atoms with Crippen LogP contribution >= 0.6 is 23.8 Å². The predicted molar refractivity (Wildman–Crippen MR) is 119 cm³/mol. The van der Waals surface area contributed by atoms with Gasteiger partial charge in [0, 0.05) is 10.7 Å². The summed E-state index contributed by atoms with van der Waals surface area (Å²) in [6.07, 6.45) is 1.57. The third-order valence-electron chi connectivity index (χ3n) is 4.78. The zero-order valence-corrected chi connectivity index (χ0v) is 17.4. The standard InChI is InChI=1S/C22H18ClN3O3S/c23-15-8-10-17(11-9-15)26-20(27)13-19(21(26)28)25(14-18-7-4-12-29-18)22(30)24-16-5-2-1-3-6-16/h1-12,19H,13-14H2,(H,24,30)/t19-/m1/s1. The minimum atomic E-state index is -0.748. The Hall–Kier alpha value is -3.16. The van der Waals surface area contributed by atoms with E-state index >= 15 is 0 Å². The summed E-state index contributed by atoms with van der Waals surface area (Å²) >= 11 is 11.5. The van der Waals surface area contributed by atoms with Crippen LogP contribution < -0.4 is 10.2 Å². The van der Waals surface area contributed by atoms with Gasteiger partial charge in [0.05, 0.1) is 24.9 Å². The maximum atomic E-state index is 13.2. The Balaban J connectivity index is 1.61. The molecule has 0 unspecified atom stereocenters. The lowest BCUT2D eigenvalue weighted by atomic mass is 10.2. The monoisotopic (exact) mass is 439 g/mol. The summed E-state index contributed by atoms with van der Waals surface area (Å²) in [7, 11) is 0. The number of hydrogen-bond donors (Lipinski definition) is 1. The Morgan fingerprint density at radius 2 is 1.83 bits per heavy atom. The zero-order chi connectivity index (χ0) is 21.1. The number of imide groups is 1. The van der Waals surface area contributed by atoms with Gasteiger partial charge in [-0.3, -0.25) is 9.59 Å². The smallest absolute Gasteiger partial charge is 0.257 e. The molecule has 1 aromatic heterocycles. The minimum absolute atomic E-state index is 0.0127. The first-order chi connectivity index (χ1) is 14.5. The third kappa shape index (κ3) is 4.22. The lowest BCUT2D eigenvalue weighted by Crippen LogP contribution is -2.46. The van der Waals surface area contributed by atoms with E-state index in [1.807, 2.05) is 30.3 Å². The molecule has 0 radical (unpaired) electrons. The fourth-order valence-electron chi connectivity index (χ4n) is 3.33. The van der Waals surface area contributed by atoms with Crippen molar-refractivity contribution in [1.82, 2.24) is 4.90 Å². The first-order valence-corrected chi connectivity index (χ1v) is 10.1. The Bertz CT molecular complexity index is 1060. The topological polar surface area (TPSA) is 65.8 Å². The molecule has 0 saturated carbocycles. The van der Waals surface area contributed by atoms with Crippen molar-refractivity contribution < 1.29 is 14.0 Å². The second-order valence-corrected chi connectivity index (χ2v) is 7.59. The molecule has 0 aliphatic carbocycles. The fraction of sp³-hybridized carbons (Fsp3) is 0.136. The Morgan fingerprint density at radius 1 is 1.10 bits per heavy atom. The fourth-order valence-corrected chi connectivity index (χ4v) is 3.77. The molecule has 0 spiro atoms.